The van der Waals surface area contributed by atoms with Crippen molar-refractivity contribution in [3.63, 3.8) is 0 Å². The standard InChI is InChI=1S/C9H7ClN2O2/c1-14-9(13)7-4-6-5(11-7)2-3-8(10)12-6/h2-4,11H,1H3. The summed E-state index contributed by atoms with van der Waals surface area (Å²) in [6.45, 7) is 0. The summed E-state index contributed by atoms with van der Waals surface area (Å²) in [5, 5.41) is 0.396. The van der Waals surface area contributed by atoms with Crippen LogP contribution in [0.25, 0.3) is 11.0 Å². The molecule has 4 nitrogen and oxygen atoms in total. The van der Waals surface area contributed by atoms with Gasteiger partial charge in [-0.3, -0.25) is 0 Å². The van der Waals surface area contributed by atoms with Gasteiger partial charge in [-0.2, -0.15) is 0 Å². The highest BCUT2D eigenvalue weighted by Gasteiger charge is 2.09. The maximum absolute atomic E-state index is 11.2. The number of aromatic nitrogens is 2. The number of fused-ring (bicyclic) bond motifs is 1. The molecule has 14 heavy (non-hydrogen) atoms. The Morgan fingerprint density at radius 1 is 1.57 bits per heavy atom. The Hall–Kier alpha value is -1.55. The van der Waals surface area contributed by atoms with Gasteiger partial charge in [-0.05, 0) is 18.2 Å². The number of hydrogen-bond acceptors (Lipinski definition) is 3. The van der Waals surface area contributed by atoms with Crippen LogP contribution < -0.4 is 0 Å². The highest BCUT2D eigenvalue weighted by molar-refractivity contribution is 6.29. The lowest BCUT2D eigenvalue weighted by Gasteiger charge is -1.91. The topological polar surface area (TPSA) is 55.0 Å². The Bertz CT molecular complexity index is 493. The van der Waals surface area contributed by atoms with Gasteiger partial charge in [0.2, 0.25) is 0 Å². The number of nitrogens with zero attached hydrogens (tertiary/aromatic N) is 1. The van der Waals surface area contributed by atoms with Crippen molar-refractivity contribution in [1.82, 2.24) is 9.97 Å². The summed E-state index contributed by atoms with van der Waals surface area (Å²) in [5.41, 5.74) is 1.78. The molecule has 0 aliphatic carbocycles. The predicted octanol–water partition coefficient (Wildman–Crippen LogP) is 2.00. The number of esters is 1. The third kappa shape index (κ3) is 1.44. The van der Waals surface area contributed by atoms with Gasteiger partial charge >= 0.3 is 5.97 Å². The molecule has 0 fully saturated rings. The van der Waals surface area contributed by atoms with Crippen LogP contribution in [0, 0.1) is 0 Å². The van der Waals surface area contributed by atoms with Crippen LogP contribution >= 0.6 is 11.6 Å². The average molecular weight is 211 g/mol. The Labute approximate surface area is 84.9 Å². The van der Waals surface area contributed by atoms with Crippen LogP contribution in [-0.2, 0) is 4.74 Å². The Morgan fingerprint density at radius 3 is 3.07 bits per heavy atom. The van der Waals surface area contributed by atoms with Gasteiger partial charge in [0.1, 0.15) is 10.8 Å². The number of ether oxygens (including phenoxy) is 1. The van der Waals surface area contributed by atoms with E-state index in [1.165, 1.54) is 7.11 Å². The van der Waals surface area contributed by atoms with Gasteiger partial charge in [0.05, 0.1) is 18.1 Å². The van der Waals surface area contributed by atoms with Crippen molar-refractivity contribution in [1.29, 1.82) is 0 Å². The summed E-state index contributed by atoms with van der Waals surface area (Å²) in [5.74, 6) is -0.417. The van der Waals surface area contributed by atoms with Gasteiger partial charge in [0, 0.05) is 0 Å². The second-order valence-corrected chi connectivity index (χ2v) is 3.13. The summed E-state index contributed by atoms with van der Waals surface area (Å²) in [6.07, 6.45) is 0. The number of hydrogen-bond donors (Lipinski definition) is 1. The molecule has 0 bridgehead atoms. The first-order valence-corrected chi connectivity index (χ1v) is 4.32. The van der Waals surface area contributed by atoms with Crippen molar-refractivity contribution in [3.05, 3.63) is 29.0 Å². The molecule has 0 aliphatic heterocycles. The minimum absolute atomic E-state index is 0.372. The summed E-state index contributed by atoms with van der Waals surface area (Å²) >= 11 is 5.70. The Morgan fingerprint density at radius 2 is 2.36 bits per heavy atom. The molecule has 0 saturated carbocycles. The molecule has 72 valence electrons. The molecule has 0 atom stereocenters. The second kappa shape index (κ2) is 3.31. The zero-order chi connectivity index (χ0) is 10.1. The zero-order valence-corrected chi connectivity index (χ0v) is 8.13. The summed E-state index contributed by atoms with van der Waals surface area (Å²) < 4.78 is 4.57. The molecular formula is C9H7ClN2O2. The molecule has 2 aromatic rings. The van der Waals surface area contributed by atoms with Crippen molar-refractivity contribution in [2.45, 2.75) is 0 Å². The minimum Gasteiger partial charge on any atom is -0.464 e. The van der Waals surface area contributed by atoms with Crippen LogP contribution in [0.4, 0.5) is 0 Å². The normalized spacial score (nSPS) is 10.4. The van der Waals surface area contributed by atoms with E-state index in [-0.39, 0.29) is 0 Å². The van der Waals surface area contributed by atoms with E-state index in [1.807, 2.05) is 0 Å². The van der Waals surface area contributed by atoms with E-state index in [0.717, 1.165) is 5.52 Å². The molecule has 0 amide bonds. The molecular weight excluding hydrogens is 204 g/mol. The van der Waals surface area contributed by atoms with Crippen LogP contribution in [0.15, 0.2) is 18.2 Å². The van der Waals surface area contributed by atoms with Crippen molar-refractivity contribution in [2.24, 2.45) is 0 Å². The lowest BCUT2D eigenvalue weighted by molar-refractivity contribution is 0.0595. The molecule has 0 radical (unpaired) electrons. The number of H-pyrrole nitrogens is 1. The number of carbonyl (C=O) groups is 1. The lowest BCUT2D eigenvalue weighted by atomic mass is 10.4. The van der Waals surface area contributed by atoms with E-state index in [2.05, 4.69) is 14.7 Å². The molecule has 0 aliphatic rings. The fraction of sp³-hybridized carbons (Fsp3) is 0.111. The molecule has 5 heteroatoms. The van der Waals surface area contributed by atoms with Crippen LogP contribution in [0.2, 0.25) is 5.15 Å². The predicted molar refractivity (Wildman–Crippen MR) is 52.4 cm³/mol. The Balaban J connectivity index is 2.56. The molecule has 0 aromatic carbocycles. The first-order chi connectivity index (χ1) is 6.70. The molecule has 0 saturated heterocycles. The second-order valence-electron chi connectivity index (χ2n) is 2.74. The van der Waals surface area contributed by atoms with Crippen LogP contribution in [-0.4, -0.2) is 23.0 Å². The smallest absolute Gasteiger partial charge is 0.354 e. The number of carbonyl (C=O) groups excluding carboxylic acids is 1. The number of methoxy groups -OCH3 is 1. The van der Waals surface area contributed by atoms with Gasteiger partial charge in [0.25, 0.3) is 0 Å². The van der Waals surface area contributed by atoms with E-state index >= 15 is 0 Å². The molecule has 2 heterocycles. The summed E-state index contributed by atoms with van der Waals surface area (Å²) in [7, 11) is 1.33. The third-order valence-corrected chi connectivity index (χ3v) is 2.06. The zero-order valence-electron chi connectivity index (χ0n) is 7.37. The van der Waals surface area contributed by atoms with Crippen molar-refractivity contribution in [2.75, 3.05) is 7.11 Å². The molecule has 1 N–H and O–H groups in total. The highest BCUT2D eigenvalue weighted by atomic mass is 35.5. The maximum Gasteiger partial charge on any atom is 0.354 e. The van der Waals surface area contributed by atoms with E-state index in [9.17, 15) is 4.79 Å². The van der Waals surface area contributed by atoms with Gasteiger partial charge < -0.3 is 9.72 Å². The van der Waals surface area contributed by atoms with E-state index < -0.39 is 5.97 Å². The van der Waals surface area contributed by atoms with Gasteiger partial charge in [-0.15, -0.1) is 0 Å². The van der Waals surface area contributed by atoms with Crippen LogP contribution in [0.1, 0.15) is 10.5 Å². The van der Waals surface area contributed by atoms with Crippen molar-refractivity contribution in [3.8, 4) is 0 Å². The fourth-order valence-corrected chi connectivity index (χ4v) is 1.36. The van der Waals surface area contributed by atoms with E-state index in [1.54, 1.807) is 18.2 Å². The number of halogens is 1. The molecule has 2 rings (SSSR count). The van der Waals surface area contributed by atoms with E-state index in [4.69, 9.17) is 11.6 Å². The number of rotatable bonds is 1. The quantitative estimate of drug-likeness (QED) is 0.579. The van der Waals surface area contributed by atoms with Gasteiger partial charge in [-0.25, -0.2) is 9.78 Å². The number of pyridine rings is 1. The minimum atomic E-state index is -0.417. The Kier molecular flexibility index (Phi) is 2.13. The number of aromatic amines is 1. The van der Waals surface area contributed by atoms with Gasteiger partial charge in [0.15, 0.2) is 0 Å². The molecule has 0 spiro atoms. The maximum atomic E-state index is 11.2. The average Bonchev–Trinajstić information content (AvgIpc) is 2.59. The fourth-order valence-electron chi connectivity index (χ4n) is 1.20. The SMILES string of the molecule is COC(=O)c1cc2nc(Cl)ccc2[nH]1. The van der Waals surface area contributed by atoms with Crippen LogP contribution in [0.5, 0.6) is 0 Å². The van der Waals surface area contributed by atoms with Gasteiger partial charge in [-0.1, -0.05) is 11.6 Å². The first kappa shape index (κ1) is 9.02. The monoisotopic (exact) mass is 210 g/mol. The highest BCUT2D eigenvalue weighted by Crippen LogP contribution is 2.16. The van der Waals surface area contributed by atoms with Crippen LogP contribution in [0.3, 0.4) is 0 Å². The third-order valence-electron chi connectivity index (χ3n) is 1.85. The van der Waals surface area contributed by atoms with E-state index in [0.29, 0.717) is 16.4 Å². The lowest BCUT2D eigenvalue weighted by Crippen LogP contribution is -2.00. The molecule has 0 unspecified atom stereocenters. The first-order valence-electron chi connectivity index (χ1n) is 3.94. The van der Waals surface area contributed by atoms with Crippen molar-refractivity contribution < 1.29 is 9.53 Å². The van der Waals surface area contributed by atoms with Crippen molar-refractivity contribution >= 4 is 28.6 Å². The number of nitrogens with one attached hydrogen (secondary N) is 1. The largest absolute Gasteiger partial charge is 0.464 e. The molecule has 2 aromatic heterocycles. The summed E-state index contributed by atoms with van der Waals surface area (Å²) in [4.78, 5) is 18.1. The summed E-state index contributed by atoms with van der Waals surface area (Å²) in [6, 6.07) is 5.02.